The maximum absolute atomic E-state index is 7.71. The Hall–Kier alpha value is -0.990. The highest BCUT2D eigenvalue weighted by Gasteiger charge is 2.14. The SMILES string of the molecule is CCn1nc2c(c1[NH-])CCC2. The predicted molar refractivity (Wildman–Crippen MR) is 43.9 cm³/mol. The summed E-state index contributed by atoms with van der Waals surface area (Å²) in [5, 5.41) is 4.34. The first kappa shape index (κ1) is 6.70. The lowest BCUT2D eigenvalue weighted by atomic mass is 10.3. The summed E-state index contributed by atoms with van der Waals surface area (Å²) in [6.07, 6.45) is 3.33. The minimum Gasteiger partial charge on any atom is -0.481 e. The van der Waals surface area contributed by atoms with Gasteiger partial charge in [-0.25, -0.2) is 0 Å². The van der Waals surface area contributed by atoms with Gasteiger partial charge in [0.15, 0.2) is 0 Å². The van der Waals surface area contributed by atoms with Crippen LogP contribution in [0.1, 0.15) is 24.6 Å². The lowest BCUT2D eigenvalue weighted by Crippen LogP contribution is -1.96. The molecule has 2 rings (SSSR count). The van der Waals surface area contributed by atoms with E-state index in [0.717, 1.165) is 25.1 Å². The Morgan fingerprint density at radius 3 is 3.00 bits per heavy atom. The minimum absolute atomic E-state index is 0.639. The topological polar surface area (TPSA) is 41.6 Å². The first-order valence-corrected chi connectivity index (χ1v) is 4.13. The molecule has 0 aromatic carbocycles. The van der Waals surface area contributed by atoms with E-state index in [4.69, 9.17) is 5.73 Å². The van der Waals surface area contributed by atoms with Crippen molar-refractivity contribution in [3.63, 3.8) is 0 Å². The van der Waals surface area contributed by atoms with Crippen molar-refractivity contribution < 1.29 is 0 Å². The molecular weight excluding hydrogens is 138 g/mol. The van der Waals surface area contributed by atoms with Gasteiger partial charge < -0.3 is 10.4 Å². The van der Waals surface area contributed by atoms with E-state index < -0.39 is 0 Å². The highest BCUT2D eigenvalue weighted by atomic mass is 15.3. The fourth-order valence-electron chi connectivity index (χ4n) is 1.67. The summed E-state index contributed by atoms with van der Waals surface area (Å²) in [7, 11) is 0. The Labute approximate surface area is 66.2 Å². The van der Waals surface area contributed by atoms with E-state index in [1.165, 1.54) is 12.0 Å². The molecule has 3 heteroatoms. The molecule has 60 valence electrons. The summed E-state index contributed by atoms with van der Waals surface area (Å²) in [5.74, 6) is 0.639. The molecule has 1 aromatic heterocycles. The summed E-state index contributed by atoms with van der Waals surface area (Å²) < 4.78 is 1.78. The van der Waals surface area contributed by atoms with E-state index in [0.29, 0.717) is 5.82 Å². The van der Waals surface area contributed by atoms with Crippen LogP contribution in [0.25, 0.3) is 5.73 Å². The van der Waals surface area contributed by atoms with E-state index >= 15 is 0 Å². The standard InChI is InChI=1S/C8H12N3/c1-2-11-8(9)6-4-3-5-7(6)10-11/h9H,2-5H2,1H3/q-1. The Morgan fingerprint density at radius 1 is 1.55 bits per heavy atom. The van der Waals surface area contributed by atoms with E-state index in [1.807, 2.05) is 6.92 Å². The second kappa shape index (κ2) is 2.26. The summed E-state index contributed by atoms with van der Waals surface area (Å²) in [4.78, 5) is 0. The van der Waals surface area contributed by atoms with Gasteiger partial charge >= 0.3 is 0 Å². The predicted octanol–water partition coefficient (Wildman–Crippen LogP) is 2.08. The van der Waals surface area contributed by atoms with Gasteiger partial charge in [-0.3, -0.25) is 5.10 Å². The van der Waals surface area contributed by atoms with Crippen LogP contribution in [0.15, 0.2) is 0 Å². The van der Waals surface area contributed by atoms with Crippen molar-refractivity contribution in [3.05, 3.63) is 17.0 Å². The van der Waals surface area contributed by atoms with Crippen LogP contribution in [-0.4, -0.2) is 9.78 Å². The van der Waals surface area contributed by atoms with Gasteiger partial charge in [-0.05, 0) is 37.2 Å². The molecule has 0 saturated carbocycles. The fourth-order valence-corrected chi connectivity index (χ4v) is 1.67. The summed E-state index contributed by atoms with van der Waals surface area (Å²) in [5.41, 5.74) is 10.1. The van der Waals surface area contributed by atoms with E-state index in [2.05, 4.69) is 5.10 Å². The number of fused-ring (bicyclic) bond motifs is 1. The third-order valence-corrected chi connectivity index (χ3v) is 2.27. The van der Waals surface area contributed by atoms with E-state index in [-0.39, 0.29) is 0 Å². The van der Waals surface area contributed by atoms with Crippen LogP contribution in [-0.2, 0) is 19.4 Å². The maximum Gasteiger partial charge on any atom is 0.0427 e. The molecule has 1 aliphatic rings. The van der Waals surface area contributed by atoms with Gasteiger partial charge in [-0.1, -0.05) is 6.92 Å². The van der Waals surface area contributed by atoms with Crippen LogP contribution in [0.5, 0.6) is 0 Å². The Bertz CT molecular complexity index is 274. The third kappa shape index (κ3) is 0.836. The van der Waals surface area contributed by atoms with Gasteiger partial charge in [0.05, 0.1) is 0 Å². The Kier molecular flexibility index (Phi) is 1.37. The fraction of sp³-hybridized carbons (Fsp3) is 0.625. The third-order valence-electron chi connectivity index (χ3n) is 2.27. The number of nitrogens with zero attached hydrogens (tertiary/aromatic N) is 2. The van der Waals surface area contributed by atoms with Gasteiger partial charge in [-0.2, -0.15) is 0 Å². The van der Waals surface area contributed by atoms with Gasteiger partial charge in [-0.15, -0.1) is 0 Å². The Balaban J connectivity index is 2.49. The molecule has 11 heavy (non-hydrogen) atoms. The van der Waals surface area contributed by atoms with Crippen molar-refractivity contribution in [2.45, 2.75) is 32.7 Å². The smallest absolute Gasteiger partial charge is 0.0427 e. The molecule has 1 aliphatic carbocycles. The summed E-state index contributed by atoms with van der Waals surface area (Å²) in [6.45, 7) is 2.85. The minimum atomic E-state index is 0.639. The molecule has 0 atom stereocenters. The molecule has 1 heterocycles. The van der Waals surface area contributed by atoms with Crippen LogP contribution in [0, 0.1) is 0 Å². The van der Waals surface area contributed by atoms with Crippen molar-refractivity contribution in [2.75, 3.05) is 0 Å². The van der Waals surface area contributed by atoms with Crippen LogP contribution < -0.4 is 0 Å². The molecule has 0 aliphatic heterocycles. The number of hydrogen-bond donors (Lipinski definition) is 0. The number of rotatable bonds is 1. The summed E-state index contributed by atoms with van der Waals surface area (Å²) in [6, 6.07) is 0. The average Bonchev–Trinajstić information content (AvgIpc) is 2.53. The first-order chi connectivity index (χ1) is 5.33. The lowest BCUT2D eigenvalue weighted by molar-refractivity contribution is 0.653. The average molecular weight is 150 g/mol. The van der Waals surface area contributed by atoms with Crippen LogP contribution in [0.3, 0.4) is 0 Å². The van der Waals surface area contributed by atoms with Crippen molar-refractivity contribution in [1.29, 1.82) is 0 Å². The lowest BCUT2D eigenvalue weighted by Gasteiger charge is -2.09. The number of aryl methyl sites for hydroxylation is 2. The molecule has 0 amide bonds. The van der Waals surface area contributed by atoms with Gasteiger partial charge in [0.1, 0.15) is 0 Å². The normalized spacial score (nSPS) is 15.4. The zero-order chi connectivity index (χ0) is 7.84. The molecule has 0 fully saturated rings. The summed E-state index contributed by atoms with van der Waals surface area (Å²) >= 11 is 0. The first-order valence-electron chi connectivity index (χ1n) is 4.13. The molecule has 3 nitrogen and oxygen atoms in total. The Morgan fingerprint density at radius 2 is 2.36 bits per heavy atom. The number of aromatic nitrogens is 2. The number of hydrogen-bond acceptors (Lipinski definition) is 1. The van der Waals surface area contributed by atoms with Crippen LogP contribution in [0.2, 0.25) is 0 Å². The van der Waals surface area contributed by atoms with Crippen LogP contribution in [0.4, 0.5) is 5.82 Å². The van der Waals surface area contributed by atoms with Crippen LogP contribution >= 0.6 is 0 Å². The maximum atomic E-state index is 7.71. The van der Waals surface area contributed by atoms with Crippen molar-refractivity contribution in [1.82, 2.24) is 9.78 Å². The second-order valence-electron chi connectivity index (χ2n) is 2.94. The highest BCUT2D eigenvalue weighted by molar-refractivity contribution is 5.49. The van der Waals surface area contributed by atoms with Gasteiger partial charge in [0, 0.05) is 5.69 Å². The molecule has 0 bridgehead atoms. The quantitative estimate of drug-likeness (QED) is 0.604. The van der Waals surface area contributed by atoms with E-state index in [1.54, 1.807) is 4.68 Å². The van der Waals surface area contributed by atoms with Crippen molar-refractivity contribution in [2.24, 2.45) is 0 Å². The zero-order valence-electron chi connectivity index (χ0n) is 6.72. The molecule has 0 radical (unpaired) electrons. The second-order valence-corrected chi connectivity index (χ2v) is 2.94. The van der Waals surface area contributed by atoms with Crippen molar-refractivity contribution >= 4 is 5.82 Å². The zero-order valence-corrected chi connectivity index (χ0v) is 6.72. The van der Waals surface area contributed by atoms with Gasteiger partial charge in [0.2, 0.25) is 0 Å². The highest BCUT2D eigenvalue weighted by Crippen LogP contribution is 2.29. The van der Waals surface area contributed by atoms with E-state index in [9.17, 15) is 0 Å². The number of nitrogens with one attached hydrogen (secondary N) is 1. The molecule has 1 N–H and O–H groups in total. The van der Waals surface area contributed by atoms with Gasteiger partial charge in [0.25, 0.3) is 0 Å². The molecule has 0 saturated heterocycles. The molecule has 1 aromatic rings. The molecule has 0 spiro atoms. The van der Waals surface area contributed by atoms with Crippen molar-refractivity contribution in [3.8, 4) is 0 Å². The molecular formula is C8H12N3-. The molecule has 0 unspecified atom stereocenters. The monoisotopic (exact) mass is 150 g/mol. The largest absolute Gasteiger partial charge is 0.481 e.